The number of aromatic nitrogens is 1. The number of carbonyl (C=O) groups excluding carboxylic acids is 1. The number of pyridine rings is 1. The molecule has 0 atom stereocenters. The summed E-state index contributed by atoms with van der Waals surface area (Å²) in [5.74, 6) is -0.662. The lowest BCUT2D eigenvalue weighted by Gasteiger charge is -2.09. The van der Waals surface area contributed by atoms with Gasteiger partial charge in [-0.25, -0.2) is 9.78 Å². The zero-order valence-corrected chi connectivity index (χ0v) is 11.6. The van der Waals surface area contributed by atoms with Crippen molar-refractivity contribution in [2.24, 2.45) is 0 Å². The van der Waals surface area contributed by atoms with Crippen LogP contribution in [0.3, 0.4) is 0 Å². The van der Waals surface area contributed by atoms with Gasteiger partial charge in [-0.2, -0.15) is 0 Å². The molecule has 1 rings (SSSR count). The van der Waals surface area contributed by atoms with Crippen molar-refractivity contribution in [3.05, 3.63) is 23.9 Å². The quantitative estimate of drug-likeness (QED) is 0.533. The Balaban J connectivity index is 2.40. The molecule has 0 amide bonds. The van der Waals surface area contributed by atoms with Crippen molar-refractivity contribution >= 4 is 17.8 Å². The molecule has 0 aromatic carbocycles. The lowest BCUT2D eigenvalue weighted by molar-refractivity contribution is -0.137. The number of ether oxygens (including phenoxy) is 1. The van der Waals surface area contributed by atoms with Gasteiger partial charge in [0.25, 0.3) is 0 Å². The van der Waals surface area contributed by atoms with Crippen LogP contribution in [0.1, 0.15) is 43.0 Å². The highest BCUT2D eigenvalue weighted by Crippen LogP contribution is 2.13. The van der Waals surface area contributed by atoms with E-state index in [9.17, 15) is 9.59 Å². The lowest BCUT2D eigenvalue weighted by Crippen LogP contribution is -2.12. The molecule has 20 heavy (non-hydrogen) atoms. The predicted octanol–water partition coefficient (Wildman–Crippen LogP) is 2.32. The summed E-state index contributed by atoms with van der Waals surface area (Å²) < 4.78 is 4.96. The summed E-state index contributed by atoms with van der Waals surface area (Å²) in [7, 11) is 0. The van der Waals surface area contributed by atoms with Crippen LogP contribution in [0.25, 0.3) is 0 Å². The van der Waals surface area contributed by atoms with Gasteiger partial charge in [0.2, 0.25) is 0 Å². The van der Waals surface area contributed by atoms with Crippen LogP contribution in [0.5, 0.6) is 0 Å². The first-order chi connectivity index (χ1) is 9.65. The van der Waals surface area contributed by atoms with Crippen molar-refractivity contribution in [2.75, 3.05) is 18.5 Å². The number of carbonyl (C=O) groups is 2. The van der Waals surface area contributed by atoms with Crippen LogP contribution >= 0.6 is 0 Å². The Kier molecular flexibility index (Phi) is 7.10. The number of carboxylic acid groups (broad SMARTS) is 1. The maximum atomic E-state index is 11.7. The van der Waals surface area contributed by atoms with Gasteiger partial charge in [0, 0.05) is 19.2 Å². The van der Waals surface area contributed by atoms with Crippen LogP contribution in [-0.4, -0.2) is 35.2 Å². The van der Waals surface area contributed by atoms with Crippen molar-refractivity contribution in [1.29, 1.82) is 0 Å². The summed E-state index contributed by atoms with van der Waals surface area (Å²) in [5, 5.41) is 11.6. The molecule has 0 aliphatic carbocycles. The molecule has 0 radical (unpaired) electrons. The fourth-order valence-corrected chi connectivity index (χ4v) is 1.70. The molecule has 0 saturated carbocycles. The van der Waals surface area contributed by atoms with Crippen LogP contribution in [0.2, 0.25) is 0 Å². The zero-order chi connectivity index (χ0) is 14.8. The van der Waals surface area contributed by atoms with Crippen LogP contribution in [-0.2, 0) is 9.53 Å². The SMILES string of the molecule is CCOC(=O)c1cccnc1NCCCCCC(=O)O. The summed E-state index contributed by atoms with van der Waals surface area (Å²) in [6.45, 7) is 2.72. The van der Waals surface area contributed by atoms with Gasteiger partial charge in [0.1, 0.15) is 11.4 Å². The Hall–Kier alpha value is -2.11. The first-order valence-electron chi connectivity index (χ1n) is 6.73. The molecule has 110 valence electrons. The summed E-state index contributed by atoms with van der Waals surface area (Å²) >= 11 is 0. The van der Waals surface area contributed by atoms with E-state index in [0.717, 1.165) is 12.8 Å². The normalized spacial score (nSPS) is 10.1. The summed E-state index contributed by atoms with van der Waals surface area (Å²) in [6, 6.07) is 3.35. The predicted molar refractivity (Wildman–Crippen MR) is 74.8 cm³/mol. The van der Waals surface area contributed by atoms with Gasteiger partial charge in [-0.15, -0.1) is 0 Å². The number of hydrogen-bond donors (Lipinski definition) is 2. The largest absolute Gasteiger partial charge is 0.481 e. The minimum Gasteiger partial charge on any atom is -0.481 e. The van der Waals surface area contributed by atoms with Crippen LogP contribution < -0.4 is 5.32 Å². The number of aliphatic carboxylic acids is 1. The highest BCUT2D eigenvalue weighted by molar-refractivity contribution is 5.94. The second-order valence-corrected chi connectivity index (χ2v) is 4.25. The number of unbranched alkanes of at least 4 members (excludes halogenated alkanes) is 2. The molecule has 0 saturated heterocycles. The Morgan fingerprint density at radius 1 is 1.35 bits per heavy atom. The van der Waals surface area contributed by atoms with E-state index in [1.54, 1.807) is 25.3 Å². The Labute approximate surface area is 118 Å². The standard InChI is InChI=1S/C14H20N2O4/c1-2-20-14(19)11-7-6-10-16-13(11)15-9-5-3-4-8-12(17)18/h6-7,10H,2-5,8-9H2,1H3,(H,15,16)(H,17,18). The van der Waals surface area contributed by atoms with Gasteiger partial charge in [-0.3, -0.25) is 4.79 Å². The fraction of sp³-hybridized carbons (Fsp3) is 0.500. The molecule has 1 heterocycles. The molecule has 0 bridgehead atoms. The molecule has 0 aliphatic rings. The highest BCUT2D eigenvalue weighted by Gasteiger charge is 2.12. The maximum Gasteiger partial charge on any atom is 0.341 e. The van der Waals surface area contributed by atoms with Gasteiger partial charge in [-0.1, -0.05) is 6.42 Å². The maximum absolute atomic E-state index is 11.7. The topological polar surface area (TPSA) is 88.5 Å². The van der Waals surface area contributed by atoms with Crippen molar-refractivity contribution < 1.29 is 19.4 Å². The number of hydrogen-bond acceptors (Lipinski definition) is 5. The molecule has 6 heteroatoms. The third-order valence-corrected chi connectivity index (χ3v) is 2.66. The first-order valence-corrected chi connectivity index (χ1v) is 6.73. The second-order valence-electron chi connectivity index (χ2n) is 4.25. The molecule has 6 nitrogen and oxygen atoms in total. The van der Waals surface area contributed by atoms with E-state index in [0.29, 0.717) is 31.0 Å². The van der Waals surface area contributed by atoms with E-state index in [1.807, 2.05) is 0 Å². The number of nitrogens with zero attached hydrogens (tertiary/aromatic N) is 1. The third kappa shape index (κ3) is 5.69. The van der Waals surface area contributed by atoms with E-state index in [-0.39, 0.29) is 6.42 Å². The molecular weight excluding hydrogens is 260 g/mol. The second kappa shape index (κ2) is 8.90. The van der Waals surface area contributed by atoms with Gasteiger partial charge in [-0.05, 0) is 31.9 Å². The van der Waals surface area contributed by atoms with E-state index in [2.05, 4.69) is 10.3 Å². The Bertz CT molecular complexity index is 449. The van der Waals surface area contributed by atoms with E-state index >= 15 is 0 Å². The average Bonchev–Trinajstić information content (AvgIpc) is 2.43. The number of esters is 1. The molecule has 0 unspecified atom stereocenters. The van der Waals surface area contributed by atoms with Gasteiger partial charge in [0.15, 0.2) is 0 Å². The summed E-state index contributed by atoms with van der Waals surface area (Å²) in [5.41, 5.74) is 0.417. The molecule has 1 aromatic rings. The van der Waals surface area contributed by atoms with Crippen molar-refractivity contribution in [3.8, 4) is 0 Å². The fourth-order valence-electron chi connectivity index (χ4n) is 1.70. The molecule has 0 aliphatic heterocycles. The first kappa shape index (κ1) is 15.9. The minimum absolute atomic E-state index is 0.192. The molecule has 2 N–H and O–H groups in total. The molecule has 0 fully saturated rings. The van der Waals surface area contributed by atoms with E-state index in [4.69, 9.17) is 9.84 Å². The molecule has 0 spiro atoms. The monoisotopic (exact) mass is 280 g/mol. The van der Waals surface area contributed by atoms with Crippen LogP contribution in [0.15, 0.2) is 18.3 Å². The summed E-state index contributed by atoms with van der Waals surface area (Å²) in [6.07, 6.45) is 4.10. The van der Waals surface area contributed by atoms with Gasteiger partial charge in [0.05, 0.1) is 6.61 Å². The van der Waals surface area contributed by atoms with Crippen LogP contribution in [0.4, 0.5) is 5.82 Å². The minimum atomic E-state index is -0.771. The Morgan fingerprint density at radius 3 is 2.85 bits per heavy atom. The van der Waals surface area contributed by atoms with Crippen LogP contribution in [0, 0.1) is 0 Å². The molecular formula is C14H20N2O4. The number of nitrogens with one attached hydrogen (secondary N) is 1. The Morgan fingerprint density at radius 2 is 2.15 bits per heavy atom. The highest BCUT2D eigenvalue weighted by atomic mass is 16.5. The number of anilines is 1. The van der Waals surface area contributed by atoms with Gasteiger partial charge >= 0.3 is 11.9 Å². The average molecular weight is 280 g/mol. The number of carboxylic acids is 1. The smallest absolute Gasteiger partial charge is 0.341 e. The lowest BCUT2D eigenvalue weighted by atomic mass is 10.2. The van der Waals surface area contributed by atoms with Crippen molar-refractivity contribution in [3.63, 3.8) is 0 Å². The van der Waals surface area contributed by atoms with Crippen molar-refractivity contribution in [1.82, 2.24) is 4.98 Å². The summed E-state index contributed by atoms with van der Waals surface area (Å²) in [4.78, 5) is 26.2. The van der Waals surface area contributed by atoms with Crippen molar-refractivity contribution in [2.45, 2.75) is 32.6 Å². The third-order valence-electron chi connectivity index (χ3n) is 2.66. The zero-order valence-electron chi connectivity index (χ0n) is 11.6. The van der Waals surface area contributed by atoms with E-state index < -0.39 is 11.9 Å². The van der Waals surface area contributed by atoms with Gasteiger partial charge < -0.3 is 15.2 Å². The van der Waals surface area contributed by atoms with E-state index in [1.165, 1.54) is 0 Å². The molecule has 1 aromatic heterocycles. The number of rotatable bonds is 9.